The maximum absolute atomic E-state index is 12.8. The first-order valence-corrected chi connectivity index (χ1v) is 9.96. The lowest BCUT2D eigenvalue weighted by atomic mass is 10.0. The van der Waals surface area contributed by atoms with E-state index < -0.39 is 16.8 Å². The van der Waals surface area contributed by atoms with Crippen LogP contribution in [0.25, 0.3) is 11.1 Å². The number of esters is 1. The summed E-state index contributed by atoms with van der Waals surface area (Å²) in [5, 5.41) is 14.7. The summed E-state index contributed by atoms with van der Waals surface area (Å²) in [6, 6.07) is 11.2. The molecule has 2 aromatic carbocycles. The molecular weight excluding hydrogens is 428 g/mol. The number of hydrogen-bond acceptors (Lipinski definition) is 6. The Hall–Kier alpha value is -3.23. The smallest absolute Gasteiger partial charge is 0.341 e. The van der Waals surface area contributed by atoms with Crippen molar-refractivity contribution in [3.8, 4) is 11.1 Å². The largest absolute Gasteiger partial charge is 0.465 e. The van der Waals surface area contributed by atoms with Crippen molar-refractivity contribution in [1.29, 1.82) is 0 Å². The van der Waals surface area contributed by atoms with Crippen molar-refractivity contribution < 1.29 is 19.2 Å². The van der Waals surface area contributed by atoms with Crippen LogP contribution in [0.2, 0.25) is 5.02 Å². The fraction of sp³-hybridized carbons (Fsp3) is 0.143. The molecule has 7 nitrogen and oxygen atoms in total. The van der Waals surface area contributed by atoms with Gasteiger partial charge in [0.05, 0.1) is 12.0 Å². The third-order valence-corrected chi connectivity index (χ3v) is 5.74. The molecule has 154 valence electrons. The molecule has 3 aromatic rings. The second-order valence-corrected chi connectivity index (χ2v) is 8.11. The number of carbonyl (C=O) groups excluding carboxylic acids is 2. The monoisotopic (exact) mass is 444 g/mol. The number of halogens is 1. The molecule has 3 rings (SSSR count). The summed E-state index contributed by atoms with van der Waals surface area (Å²) in [7, 11) is 1.26. The summed E-state index contributed by atoms with van der Waals surface area (Å²) in [5.74, 6) is -1.18. The van der Waals surface area contributed by atoms with Gasteiger partial charge in [0.25, 0.3) is 11.6 Å². The van der Waals surface area contributed by atoms with E-state index in [1.807, 2.05) is 13.0 Å². The van der Waals surface area contributed by atoms with E-state index in [4.69, 9.17) is 16.3 Å². The lowest BCUT2D eigenvalue weighted by molar-refractivity contribution is -0.385. The van der Waals surface area contributed by atoms with Crippen LogP contribution >= 0.6 is 22.9 Å². The molecule has 0 aliphatic carbocycles. The Labute approximate surface area is 181 Å². The number of nitro benzene ring substituents is 1. The van der Waals surface area contributed by atoms with Crippen LogP contribution in [0.4, 0.5) is 10.7 Å². The molecule has 0 atom stereocenters. The van der Waals surface area contributed by atoms with Crippen LogP contribution in [0.1, 0.15) is 31.2 Å². The molecule has 0 aliphatic heterocycles. The third kappa shape index (κ3) is 4.19. The fourth-order valence-electron chi connectivity index (χ4n) is 3.04. The summed E-state index contributed by atoms with van der Waals surface area (Å²) in [5.41, 5.74) is 1.93. The SMILES string of the molecule is COC(=O)c1c(NC(=O)c2ccc(C)c([N+](=O)[O-])c2)sc(C)c1-c1cccc(Cl)c1. The first kappa shape index (κ1) is 21.5. The summed E-state index contributed by atoms with van der Waals surface area (Å²) >= 11 is 7.31. The van der Waals surface area contributed by atoms with Gasteiger partial charge in [0.1, 0.15) is 10.6 Å². The van der Waals surface area contributed by atoms with Crippen molar-refractivity contribution in [2.45, 2.75) is 13.8 Å². The summed E-state index contributed by atoms with van der Waals surface area (Å²) < 4.78 is 4.93. The average Bonchev–Trinajstić information content (AvgIpc) is 3.03. The van der Waals surface area contributed by atoms with Gasteiger partial charge >= 0.3 is 5.97 Å². The van der Waals surface area contributed by atoms with Gasteiger partial charge in [-0.15, -0.1) is 11.3 Å². The van der Waals surface area contributed by atoms with Gasteiger partial charge in [0.15, 0.2) is 0 Å². The molecule has 30 heavy (non-hydrogen) atoms. The lowest BCUT2D eigenvalue weighted by Crippen LogP contribution is -2.14. The van der Waals surface area contributed by atoms with Gasteiger partial charge in [-0.25, -0.2) is 4.79 Å². The Morgan fingerprint density at radius 3 is 2.53 bits per heavy atom. The third-order valence-electron chi connectivity index (χ3n) is 4.48. The number of nitro groups is 1. The van der Waals surface area contributed by atoms with E-state index in [0.717, 1.165) is 4.88 Å². The first-order valence-electron chi connectivity index (χ1n) is 8.77. The molecule has 1 amide bonds. The van der Waals surface area contributed by atoms with Crippen molar-refractivity contribution in [1.82, 2.24) is 0 Å². The zero-order valence-electron chi connectivity index (χ0n) is 16.3. The molecular formula is C21H17ClN2O5S. The second kappa shape index (κ2) is 8.64. The predicted molar refractivity (Wildman–Crippen MR) is 117 cm³/mol. The van der Waals surface area contributed by atoms with Gasteiger partial charge in [0.2, 0.25) is 0 Å². The number of nitrogens with one attached hydrogen (secondary N) is 1. The van der Waals surface area contributed by atoms with Crippen LogP contribution < -0.4 is 5.32 Å². The van der Waals surface area contributed by atoms with Gasteiger partial charge in [-0.05, 0) is 37.6 Å². The van der Waals surface area contributed by atoms with Crippen LogP contribution in [0.5, 0.6) is 0 Å². The number of aryl methyl sites for hydroxylation is 2. The highest BCUT2D eigenvalue weighted by Gasteiger charge is 2.26. The zero-order valence-corrected chi connectivity index (χ0v) is 17.9. The predicted octanol–water partition coefficient (Wildman–Crippen LogP) is 5.63. The topological polar surface area (TPSA) is 98.5 Å². The normalized spacial score (nSPS) is 10.5. The zero-order chi connectivity index (χ0) is 22.0. The number of anilines is 1. The van der Waals surface area contributed by atoms with E-state index in [-0.39, 0.29) is 16.8 Å². The van der Waals surface area contributed by atoms with Crippen molar-refractivity contribution in [2.75, 3.05) is 12.4 Å². The van der Waals surface area contributed by atoms with Crippen molar-refractivity contribution in [3.63, 3.8) is 0 Å². The van der Waals surface area contributed by atoms with Crippen molar-refractivity contribution >= 4 is 45.5 Å². The van der Waals surface area contributed by atoms with Gasteiger partial charge in [-0.3, -0.25) is 14.9 Å². The van der Waals surface area contributed by atoms with Crippen LogP contribution in [0.3, 0.4) is 0 Å². The molecule has 1 N–H and O–H groups in total. The summed E-state index contributed by atoms with van der Waals surface area (Å²) in [6.45, 7) is 3.41. The number of carbonyl (C=O) groups is 2. The highest BCUT2D eigenvalue weighted by molar-refractivity contribution is 7.17. The number of thiophene rings is 1. The average molecular weight is 445 g/mol. The lowest BCUT2D eigenvalue weighted by Gasteiger charge is -2.09. The number of methoxy groups -OCH3 is 1. The Bertz CT molecular complexity index is 1170. The Balaban J connectivity index is 2.06. The van der Waals surface area contributed by atoms with E-state index in [2.05, 4.69) is 5.32 Å². The Morgan fingerprint density at radius 1 is 1.17 bits per heavy atom. The molecule has 0 saturated heterocycles. The summed E-state index contributed by atoms with van der Waals surface area (Å²) in [4.78, 5) is 36.7. The molecule has 0 bridgehead atoms. The number of nitrogens with zero attached hydrogens (tertiary/aromatic N) is 1. The van der Waals surface area contributed by atoms with Crippen LogP contribution in [-0.4, -0.2) is 23.9 Å². The molecule has 1 heterocycles. The van der Waals surface area contributed by atoms with Crippen LogP contribution in [0.15, 0.2) is 42.5 Å². The van der Waals surface area contributed by atoms with Gasteiger partial charge in [0, 0.05) is 32.7 Å². The minimum Gasteiger partial charge on any atom is -0.465 e. The van der Waals surface area contributed by atoms with Crippen LogP contribution in [-0.2, 0) is 4.74 Å². The minimum absolute atomic E-state index is 0.110. The minimum atomic E-state index is -0.612. The molecule has 0 radical (unpaired) electrons. The molecule has 0 saturated carbocycles. The first-order chi connectivity index (χ1) is 14.2. The molecule has 1 aromatic heterocycles. The standard InChI is InChI=1S/C21H17ClN2O5S/c1-11-7-8-14(10-16(11)24(27)28)19(25)23-20-18(21(26)29-3)17(12(2)30-20)13-5-4-6-15(22)9-13/h4-10H,1-3H3,(H,23,25). The molecule has 9 heteroatoms. The Kier molecular flexibility index (Phi) is 6.19. The number of rotatable bonds is 5. The van der Waals surface area contributed by atoms with E-state index in [9.17, 15) is 19.7 Å². The Morgan fingerprint density at radius 2 is 1.90 bits per heavy atom. The maximum atomic E-state index is 12.8. The van der Waals surface area contributed by atoms with E-state index in [1.165, 1.54) is 36.6 Å². The van der Waals surface area contributed by atoms with Crippen molar-refractivity contribution in [2.24, 2.45) is 0 Å². The van der Waals surface area contributed by atoms with E-state index in [1.54, 1.807) is 25.1 Å². The molecule has 0 unspecified atom stereocenters. The molecule has 0 fully saturated rings. The number of benzene rings is 2. The molecule has 0 spiro atoms. The number of amides is 1. The van der Waals surface area contributed by atoms with Crippen molar-refractivity contribution in [3.05, 3.63) is 79.2 Å². The maximum Gasteiger partial charge on any atom is 0.341 e. The second-order valence-electron chi connectivity index (χ2n) is 6.45. The highest BCUT2D eigenvalue weighted by atomic mass is 35.5. The molecule has 0 aliphatic rings. The fourth-order valence-corrected chi connectivity index (χ4v) is 4.29. The summed E-state index contributed by atoms with van der Waals surface area (Å²) in [6.07, 6.45) is 0. The van der Waals surface area contributed by atoms with Gasteiger partial charge in [-0.1, -0.05) is 29.8 Å². The van der Waals surface area contributed by atoms with Gasteiger partial charge < -0.3 is 10.1 Å². The van der Waals surface area contributed by atoms with Crippen LogP contribution in [0, 0.1) is 24.0 Å². The highest BCUT2D eigenvalue weighted by Crippen LogP contribution is 2.41. The number of hydrogen-bond donors (Lipinski definition) is 1. The van der Waals surface area contributed by atoms with E-state index >= 15 is 0 Å². The van der Waals surface area contributed by atoms with Gasteiger partial charge in [-0.2, -0.15) is 0 Å². The van der Waals surface area contributed by atoms with E-state index in [0.29, 0.717) is 26.7 Å². The number of ether oxygens (including phenoxy) is 1. The quantitative estimate of drug-likeness (QED) is 0.312.